The fourth-order valence-corrected chi connectivity index (χ4v) is 3.47. The van der Waals surface area contributed by atoms with Gasteiger partial charge < -0.3 is 10.2 Å². The van der Waals surface area contributed by atoms with E-state index < -0.39 is 0 Å². The van der Waals surface area contributed by atoms with Crippen LogP contribution in [0.5, 0.6) is 0 Å². The van der Waals surface area contributed by atoms with Gasteiger partial charge in [-0.1, -0.05) is 28.8 Å². The van der Waals surface area contributed by atoms with E-state index >= 15 is 0 Å². The molecule has 0 unspecified atom stereocenters. The van der Waals surface area contributed by atoms with Crippen LogP contribution in [0.4, 0.5) is 5.69 Å². The van der Waals surface area contributed by atoms with Gasteiger partial charge in [-0.25, -0.2) is 0 Å². The molecule has 1 N–H and O–H groups in total. The molecule has 1 amide bonds. The number of anilines is 1. The average molecular weight is 339 g/mol. The fourth-order valence-electron chi connectivity index (χ4n) is 2.79. The molecule has 0 radical (unpaired) electrons. The van der Waals surface area contributed by atoms with Crippen molar-refractivity contribution in [3.05, 3.63) is 27.7 Å². The summed E-state index contributed by atoms with van der Waals surface area (Å²) < 4.78 is 1.08. The Bertz CT molecular complexity index is 456. The smallest absolute Gasteiger partial charge is 0.241 e. The molecular formula is C16H23BrN2O. The predicted octanol–water partition coefficient (Wildman–Crippen LogP) is 3.88. The summed E-state index contributed by atoms with van der Waals surface area (Å²) in [6.45, 7) is 6.36. The van der Waals surface area contributed by atoms with Gasteiger partial charge in [-0.2, -0.15) is 0 Å². The van der Waals surface area contributed by atoms with Crippen molar-refractivity contribution in [1.29, 1.82) is 0 Å². The normalized spacial score (nSPS) is 15.8. The van der Waals surface area contributed by atoms with Gasteiger partial charge >= 0.3 is 0 Å². The molecule has 1 aliphatic heterocycles. The summed E-state index contributed by atoms with van der Waals surface area (Å²) in [6.07, 6.45) is 4.79. The molecule has 1 heterocycles. The number of halogens is 1. The van der Waals surface area contributed by atoms with Crippen LogP contribution in [0.1, 0.15) is 36.8 Å². The van der Waals surface area contributed by atoms with Gasteiger partial charge in [0, 0.05) is 23.2 Å². The second-order valence-electron chi connectivity index (χ2n) is 5.56. The highest BCUT2D eigenvalue weighted by molar-refractivity contribution is 9.10. The molecule has 1 aromatic rings. The monoisotopic (exact) mass is 338 g/mol. The van der Waals surface area contributed by atoms with Crippen LogP contribution in [0.15, 0.2) is 16.6 Å². The first-order chi connectivity index (χ1) is 9.58. The van der Waals surface area contributed by atoms with E-state index in [0.29, 0.717) is 6.54 Å². The van der Waals surface area contributed by atoms with Crippen LogP contribution in [0.25, 0.3) is 0 Å². The molecule has 20 heavy (non-hydrogen) atoms. The van der Waals surface area contributed by atoms with E-state index in [4.69, 9.17) is 0 Å². The minimum atomic E-state index is 0.216. The van der Waals surface area contributed by atoms with Crippen LogP contribution < -0.4 is 5.32 Å². The van der Waals surface area contributed by atoms with Gasteiger partial charge in [0.2, 0.25) is 5.91 Å². The minimum absolute atomic E-state index is 0.216. The third kappa shape index (κ3) is 3.98. The summed E-state index contributed by atoms with van der Waals surface area (Å²) in [7, 11) is 0. The second kappa shape index (κ2) is 7.11. The number of rotatable bonds is 3. The minimum Gasteiger partial charge on any atom is -0.376 e. The predicted molar refractivity (Wildman–Crippen MR) is 87.2 cm³/mol. The zero-order chi connectivity index (χ0) is 14.5. The Kier molecular flexibility index (Phi) is 5.46. The summed E-state index contributed by atoms with van der Waals surface area (Å²) in [6, 6.07) is 4.15. The summed E-state index contributed by atoms with van der Waals surface area (Å²) in [5.41, 5.74) is 3.41. The van der Waals surface area contributed by atoms with Gasteiger partial charge in [-0.05, 0) is 49.9 Å². The Hall–Kier alpha value is -1.03. The molecule has 110 valence electrons. The van der Waals surface area contributed by atoms with Crippen LogP contribution >= 0.6 is 15.9 Å². The van der Waals surface area contributed by atoms with Crippen molar-refractivity contribution >= 4 is 27.5 Å². The van der Waals surface area contributed by atoms with Crippen molar-refractivity contribution in [1.82, 2.24) is 4.90 Å². The lowest BCUT2D eigenvalue weighted by Gasteiger charge is -2.21. The molecule has 0 spiro atoms. The van der Waals surface area contributed by atoms with Crippen molar-refractivity contribution in [2.24, 2.45) is 0 Å². The van der Waals surface area contributed by atoms with Crippen molar-refractivity contribution in [2.75, 3.05) is 25.0 Å². The lowest BCUT2D eigenvalue weighted by Crippen LogP contribution is -2.36. The fraction of sp³-hybridized carbons (Fsp3) is 0.562. The Morgan fingerprint density at radius 1 is 1.15 bits per heavy atom. The molecule has 1 aliphatic rings. The van der Waals surface area contributed by atoms with Gasteiger partial charge in [-0.3, -0.25) is 4.79 Å². The number of likely N-dealkylation sites (tertiary alicyclic amines) is 1. The standard InChI is InChI=1S/C16H23BrN2O/c1-12-9-14(17)10-13(2)16(12)18-11-15(20)19-7-5-3-4-6-8-19/h9-10,18H,3-8,11H2,1-2H3. The number of aryl methyl sites for hydroxylation is 2. The molecule has 2 rings (SSSR count). The number of carbonyl (C=O) groups is 1. The van der Waals surface area contributed by atoms with Crippen molar-refractivity contribution < 1.29 is 4.79 Å². The zero-order valence-corrected chi connectivity index (χ0v) is 13.9. The van der Waals surface area contributed by atoms with Crippen molar-refractivity contribution in [3.8, 4) is 0 Å². The van der Waals surface area contributed by atoms with Gasteiger partial charge in [0.15, 0.2) is 0 Å². The maximum atomic E-state index is 12.3. The number of nitrogens with zero attached hydrogens (tertiary/aromatic N) is 1. The van der Waals surface area contributed by atoms with E-state index in [0.717, 1.165) is 36.1 Å². The van der Waals surface area contributed by atoms with Crippen LogP contribution in [0, 0.1) is 13.8 Å². The van der Waals surface area contributed by atoms with E-state index in [1.165, 1.54) is 24.0 Å². The SMILES string of the molecule is Cc1cc(Br)cc(C)c1NCC(=O)N1CCCCCC1. The summed E-state index contributed by atoms with van der Waals surface area (Å²) in [4.78, 5) is 14.3. The highest BCUT2D eigenvalue weighted by atomic mass is 79.9. The number of benzene rings is 1. The first kappa shape index (κ1) is 15.4. The molecular weight excluding hydrogens is 316 g/mol. The largest absolute Gasteiger partial charge is 0.376 e. The molecule has 3 nitrogen and oxygen atoms in total. The van der Waals surface area contributed by atoms with Gasteiger partial charge in [-0.15, -0.1) is 0 Å². The van der Waals surface area contributed by atoms with Gasteiger partial charge in [0.05, 0.1) is 6.54 Å². The summed E-state index contributed by atoms with van der Waals surface area (Å²) in [5.74, 6) is 0.216. The highest BCUT2D eigenvalue weighted by Gasteiger charge is 2.15. The quantitative estimate of drug-likeness (QED) is 0.906. The number of nitrogens with one attached hydrogen (secondary N) is 1. The first-order valence-corrected chi connectivity index (χ1v) is 8.15. The number of carbonyl (C=O) groups excluding carboxylic acids is 1. The molecule has 0 aliphatic carbocycles. The van der Waals surface area contributed by atoms with Crippen LogP contribution in [0.2, 0.25) is 0 Å². The molecule has 0 atom stereocenters. The Labute approximate surface area is 129 Å². The first-order valence-electron chi connectivity index (χ1n) is 7.36. The molecule has 1 saturated heterocycles. The third-order valence-electron chi connectivity index (χ3n) is 3.87. The molecule has 0 bridgehead atoms. The van der Waals surface area contributed by atoms with E-state index in [9.17, 15) is 4.79 Å². The van der Waals surface area contributed by atoms with Crippen LogP contribution in [-0.4, -0.2) is 30.4 Å². The number of hydrogen-bond acceptors (Lipinski definition) is 2. The van der Waals surface area contributed by atoms with E-state index in [1.54, 1.807) is 0 Å². The number of hydrogen-bond donors (Lipinski definition) is 1. The summed E-state index contributed by atoms with van der Waals surface area (Å²) in [5, 5.41) is 3.31. The zero-order valence-electron chi connectivity index (χ0n) is 12.3. The average Bonchev–Trinajstić information content (AvgIpc) is 2.66. The van der Waals surface area contributed by atoms with E-state index in [-0.39, 0.29) is 5.91 Å². The molecule has 4 heteroatoms. The molecule has 1 fully saturated rings. The Morgan fingerprint density at radius 3 is 2.25 bits per heavy atom. The third-order valence-corrected chi connectivity index (χ3v) is 4.33. The topological polar surface area (TPSA) is 32.3 Å². The lowest BCUT2D eigenvalue weighted by molar-refractivity contribution is -0.129. The van der Waals surface area contributed by atoms with Crippen LogP contribution in [0.3, 0.4) is 0 Å². The maximum Gasteiger partial charge on any atom is 0.241 e. The van der Waals surface area contributed by atoms with Crippen LogP contribution in [-0.2, 0) is 4.79 Å². The second-order valence-corrected chi connectivity index (χ2v) is 6.48. The molecule has 1 aromatic carbocycles. The van der Waals surface area contributed by atoms with Crippen molar-refractivity contribution in [2.45, 2.75) is 39.5 Å². The van der Waals surface area contributed by atoms with Gasteiger partial charge in [0.25, 0.3) is 0 Å². The van der Waals surface area contributed by atoms with Gasteiger partial charge in [0.1, 0.15) is 0 Å². The molecule has 0 aromatic heterocycles. The lowest BCUT2D eigenvalue weighted by atomic mass is 10.1. The van der Waals surface area contributed by atoms with Crippen molar-refractivity contribution in [3.63, 3.8) is 0 Å². The Morgan fingerprint density at radius 2 is 1.70 bits per heavy atom. The van der Waals surface area contributed by atoms with E-state index in [2.05, 4.69) is 47.2 Å². The summed E-state index contributed by atoms with van der Waals surface area (Å²) >= 11 is 3.50. The highest BCUT2D eigenvalue weighted by Crippen LogP contribution is 2.25. The molecule has 0 saturated carbocycles. The maximum absolute atomic E-state index is 12.3. The Balaban J connectivity index is 1.96. The van der Waals surface area contributed by atoms with E-state index in [1.807, 2.05) is 4.90 Å². The number of amides is 1.